The van der Waals surface area contributed by atoms with Crippen molar-refractivity contribution in [2.45, 2.75) is 26.7 Å². The number of H-pyrrole nitrogens is 1. The summed E-state index contributed by atoms with van der Waals surface area (Å²) >= 11 is 0. The van der Waals surface area contributed by atoms with E-state index in [1.165, 1.54) is 0 Å². The van der Waals surface area contributed by atoms with Gasteiger partial charge in [-0.2, -0.15) is 0 Å². The number of anilines is 1. The molecule has 0 aliphatic heterocycles. The van der Waals surface area contributed by atoms with Gasteiger partial charge in [-0.25, -0.2) is 4.98 Å². The summed E-state index contributed by atoms with van der Waals surface area (Å²) in [6.45, 7) is 3.41. The molecule has 1 amide bonds. The fraction of sp³-hybridized carbons (Fsp3) is 0.250. The van der Waals surface area contributed by atoms with Gasteiger partial charge in [0.1, 0.15) is 0 Å². The summed E-state index contributed by atoms with van der Waals surface area (Å²) in [5.74, 6) is -1.49. The van der Waals surface area contributed by atoms with Crippen LogP contribution in [-0.2, 0) is 11.2 Å². The van der Waals surface area contributed by atoms with Gasteiger partial charge < -0.3 is 15.4 Å². The number of aliphatic carboxylic acids is 1. The van der Waals surface area contributed by atoms with E-state index < -0.39 is 17.4 Å². The summed E-state index contributed by atoms with van der Waals surface area (Å²) in [4.78, 5) is 41.2. The van der Waals surface area contributed by atoms with Crippen molar-refractivity contribution in [3.63, 3.8) is 0 Å². The Balaban J connectivity index is 2.17. The van der Waals surface area contributed by atoms with Crippen LogP contribution < -0.4 is 10.9 Å². The molecular formula is C16H17N3O4. The normalized spacial score (nSPS) is 10.3. The molecule has 0 unspecified atom stereocenters. The second kappa shape index (κ2) is 6.87. The third kappa shape index (κ3) is 4.26. The number of hydrogen-bond donors (Lipinski definition) is 3. The van der Waals surface area contributed by atoms with Gasteiger partial charge in [-0.1, -0.05) is 12.1 Å². The molecule has 0 spiro atoms. The monoisotopic (exact) mass is 315 g/mol. The van der Waals surface area contributed by atoms with Crippen LogP contribution in [0.15, 0.2) is 29.1 Å². The molecule has 0 saturated heterocycles. The summed E-state index contributed by atoms with van der Waals surface area (Å²) in [7, 11) is 0. The Hall–Kier alpha value is -2.96. The Morgan fingerprint density at radius 2 is 2.04 bits per heavy atom. The highest BCUT2D eigenvalue weighted by atomic mass is 16.4. The molecular weight excluding hydrogens is 298 g/mol. The summed E-state index contributed by atoms with van der Waals surface area (Å²) in [6.07, 6.45) is 0.372. The van der Waals surface area contributed by atoms with Gasteiger partial charge in [0.25, 0.3) is 11.5 Å². The summed E-state index contributed by atoms with van der Waals surface area (Å²) in [6, 6.07) is 6.83. The van der Waals surface area contributed by atoms with E-state index in [2.05, 4.69) is 15.3 Å². The summed E-state index contributed by atoms with van der Waals surface area (Å²) in [5.41, 5.74) is 1.70. The number of aromatic amines is 1. The van der Waals surface area contributed by atoms with Crippen molar-refractivity contribution in [1.29, 1.82) is 0 Å². The highest BCUT2D eigenvalue weighted by Gasteiger charge is 2.14. The number of rotatable bonds is 5. The third-order valence-electron chi connectivity index (χ3n) is 3.37. The molecule has 0 aliphatic carbocycles. The second-order valence-corrected chi connectivity index (χ2v) is 5.17. The average Bonchev–Trinajstić information content (AvgIpc) is 2.49. The van der Waals surface area contributed by atoms with Gasteiger partial charge in [-0.05, 0) is 38.0 Å². The fourth-order valence-electron chi connectivity index (χ4n) is 2.02. The number of aryl methyl sites for hydroxylation is 3. The van der Waals surface area contributed by atoms with E-state index in [0.717, 1.165) is 5.56 Å². The number of amides is 1. The van der Waals surface area contributed by atoms with Gasteiger partial charge in [0.05, 0.1) is 5.69 Å². The third-order valence-corrected chi connectivity index (χ3v) is 3.37. The van der Waals surface area contributed by atoms with Crippen LogP contribution in [0.2, 0.25) is 0 Å². The van der Waals surface area contributed by atoms with E-state index in [0.29, 0.717) is 23.5 Å². The van der Waals surface area contributed by atoms with Gasteiger partial charge in [0.2, 0.25) is 0 Å². The lowest BCUT2D eigenvalue weighted by atomic mass is 10.1. The number of aromatic nitrogens is 2. The Kier molecular flexibility index (Phi) is 4.90. The van der Waals surface area contributed by atoms with Crippen molar-refractivity contribution in [3.05, 3.63) is 57.3 Å². The molecule has 2 aromatic rings. The lowest BCUT2D eigenvalue weighted by Gasteiger charge is -2.07. The van der Waals surface area contributed by atoms with E-state index in [1.807, 2.05) is 0 Å². The minimum absolute atomic E-state index is 0.00970. The number of carboxylic acid groups (broad SMARTS) is 1. The zero-order valence-electron chi connectivity index (χ0n) is 12.8. The van der Waals surface area contributed by atoms with Gasteiger partial charge in [0.15, 0.2) is 5.69 Å². The number of hydrogen-bond acceptors (Lipinski definition) is 4. The molecule has 23 heavy (non-hydrogen) atoms. The molecule has 120 valence electrons. The molecule has 1 aromatic carbocycles. The van der Waals surface area contributed by atoms with Crippen LogP contribution in [-0.4, -0.2) is 27.0 Å². The minimum atomic E-state index is -0.884. The van der Waals surface area contributed by atoms with E-state index in [1.54, 1.807) is 38.1 Å². The first kappa shape index (κ1) is 16.4. The van der Waals surface area contributed by atoms with Crippen LogP contribution in [0.3, 0.4) is 0 Å². The molecule has 0 atom stereocenters. The number of nitrogens with one attached hydrogen (secondary N) is 2. The number of carbonyl (C=O) groups excluding carboxylic acids is 1. The predicted octanol–water partition coefficient (Wildman–Crippen LogP) is 1.66. The quantitative estimate of drug-likeness (QED) is 0.776. The van der Waals surface area contributed by atoms with Gasteiger partial charge in [0, 0.05) is 17.8 Å². The van der Waals surface area contributed by atoms with Crippen molar-refractivity contribution in [2.24, 2.45) is 0 Å². The maximum atomic E-state index is 12.2. The lowest BCUT2D eigenvalue weighted by molar-refractivity contribution is -0.136. The van der Waals surface area contributed by atoms with Gasteiger partial charge in [-0.3, -0.25) is 14.4 Å². The zero-order valence-corrected chi connectivity index (χ0v) is 12.8. The number of carbonyl (C=O) groups is 2. The van der Waals surface area contributed by atoms with Crippen LogP contribution in [0.25, 0.3) is 0 Å². The molecule has 2 rings (SSSR count). The van der Waals surface area contributed by atoms with Crippen LogP contribution in [0.1, 0.15) is 33.9 Å². The molecule has 3 N–H and O–H groups in total. The Morgan fingerprint density at radius 1 is 1.30 bits per heavy atom. The van der Waals surface area contributed by atoms with Crippen LogP contribution in [0.4, 0.5) is 5.69 Å². The first-order valence-electron chi connectivity index (χ1n) is 7.06. The van der Waals surface area contributed by atoms with E-state index in [-0.39, 0.29) is 12.1 Å². The van der Waals surface area contributed by atoms with E-state index in [9.17, 15) is 14.4 Å². The minimum Gasteiger partial charge on any atom is -0.481 e. The predicted molar refractivity (Wildman–Crippen MR) is 84.7 cm³/mol. The molecule has 0 fully saturated rings. The Bertz CT molecular complexity index is 811. The molecule has 0 bridgehead atoms. The lowest BCUT2D eigenvalue weighted by Crippen LogP contribution is -2.26. The topological polar surface area (TPSA) is 112 Å². The maximum absolute atomic E-state index is 12.2. The summed E-state index contributed by atoms with van der Waals surface area (Å²) in [5, 5.41) is 11.3. The van der Waals surface area contributed by atoms with Crippen LogP contribution in [0.5, 0.6) is 0 Å². The number of nitrogens with zero attached hydrogens (tertiary/aromatic N) is 1. The molecule has 7 heteroatoms. The zero-order chi connectivity index (χ0) is 17.0. The molecule has 0 aliphatic rings. The Morgan fingerprint density at radius 3 is 2.74 bits per heavy atom. The highest BCUT2D eigenvalue weighted by Crippen LogP contribution is 2.13. The van der Waals surface area contributed by atoms with Crippen molar-refractivity contribution in [2.75, 3.05) is 5.32 Å². The molecule has 0 saturated carbocycles. The first-order chi connectivity index (χ1) is 10.9. The van der Waals surface area contributed by atoms with Gasteiger partial charge >= 0.3 is 5.97 Å². The van der Waals surface area contributed by atoms with Crippen LogP contribution in [0, 0.1) is 13.8 Å². The maximum Gasteiger partial charge on any atom is 0.303 e. The fourth-order valence-corrected chi connectivity index (χ4v) is 2.02. The second-order valence-electron chi connectivity index (χ2n) is 5.17. The first-order valence-corrected chi connectivity index (χ1v) is 7.06. The van der Waals surface area contributed by atoms with E-state index in [4.69, 9.17) is 5.11 Å². The molecule has 1 heterocycles. The number of benzene rings is 1. The smallest absolute Gasteiger partial charge is 0.303 e. The van der Waals surface area contributed by atoms with Crippen molar-refractivity contribution >= 4 is 17.6 Å². The van der Waals surface area contributed by atoms with Crippen molar-refractivity contribution < 1.29 is 14.7 Å². The number of carboxylic acids is 1. The van der Waals surface area contributed by atoms with Crippen LogP contribution >= 0.6 is 0 Å². The molecule has 1 aromatic heterocycles. The highest BCUT2D eigenvalue weighted by molar-refractivity contribution is 6.02. The van der Waals surface area contributed by atoms with Crippen molar-refractivity contribution in [1.82, 2.24) is 9.97 Å². The SMILES string of the molecule is Cc1nc(C(=O)Nc2cccc(CCC(=O)O)c2)c(=O)[nH]c1C. The van der Waals surface area contributed by atoms with Crippen molar-refractivity contribution in [3.8, 4) is 0 Å². The molecule has 7 nitrogen and oxygen atoms in total. The standard InChI is InChI=1S/C16H17N3O4/c1-9-10(2)18-15(22)14(17-9)16(23)19-12-5-3-4-11(8-12)6-7-13(20)21/h3-5,8H,6-7H2,1-2H3,(H,18,22)(H,19,23)(H,20,21). The largest absolute Gasteiger partial charge is 0.481 e. The average molecular weight is 315 g/mol. The molecule has 0 radical (unpaired) electrons. The Labute approximate surface area is 132 Å². The summed E-state index contributed by atoms with van der Waals surface area (Å²) < 4.78 is 0. The van der Waals surface area contributed by atoms with Gasteiger partial charge in [-0.15, -0.1) is 0 Å². The van der Waals surface area contributed by atoms with E-state index >= 15 is 0 Å².